The highest BCUT2D eigenvalue weighted by Crippen LogP contribution is 2.23. The Labute approximate surface area is 78.5 Å². The predicted octanol–water partition coefficient (Wildman–Crippen LogP) is 0.428. The molecule has 1 rings (SSSR count). The zero-order valence-corrected chi connectivity index (χ0v) is 8.29. The van der Waals surface area contributed by atoms with E-state index in [0.29, 0.717) is 19.7 Å². The molecular formula is C9H18FNO2. The van der Waals surface area contributed by atoms with Gasteiger partial charge in [-0.1, -0.05) is 0 Å². The number of aliphatic hydroxyl groups excluding tert-OH is 1. The summed E-state index contributed by atoms with van der Waals surface area (Å²) in [7, 11) is 0. The Kier molecular flexibility index (Phi) is 3.64. The number of halogens is 1. The second-order valence-electron chi connectivity index (χ2n) is 3.94. The van der Waals surface area contributed by atoms with Crippen molar-refractivity contribution in [3.05, 3.63) is 0 Å². The normalized spacial score (nSPS) is 21.9. The molecule has 0 saturated carbocycles. The summed E-state index contributed by atoms with van der Waals surface area (Å²) in [5.74, 6) is 0. The van der Waals surface area contributed by atoms with Gasteiger partial charge < -0.3 is 9.84 Å². The van der Waals surface area contributed by atoms with Crippen LogP contribution in [0, 0.1) is 0 Å². The number of hydrogen-bond acceptors (Lipinski definition) is 3. The van der Waals surface area contributed by atoms with Crippen LogP contribution in [0.1, 0.15) is 13.8 Å². The molecule has 0 radical (unpaired) electrons. The summed E-state index contributed by atoms with van der Waals surface area (Å²) < 4.78 is 18.5. The van der Waals surface area contributed by atoms with Gasteiger partial charge in [0.15, 0.2) is 5.67 Å². The third kappa shape index (κ3) is 3.21. The van der Waals surface area contributed by atoms with Crippen LogP contribution >= 0.6 is 0 Å². The minimum absolute atomic E-state index is 0.231. The molecule has 0 aromatic rings. The van der Waals surface area contributed by atoms with Gasteiger partial charge in [-0.15, -0.1) is 0 Å². The predicted molar refractivity (Wildman–Crippen MR) is 48.5 cm³/mol. The first-order valence-corrected chi connectivity index (χ1v) is 4.69. The molecule has 1 fully saturated rings. The maximum absolute atomic E-state index is 13.1. The molecule has 13 heavy (non-hydrogen) atoms. The van der Waals surface area contributed by atoms with E-state index in [4.69, 9.17) is 9.84 Å². The number of likely N-dealkylation sites (tertiary alicyclic amines) is 1. The standard InChI is InChI=1S/C9H18FNO2/c1-8(2)13-4-3-11-5-9(10,6-11)7-12/h8,12H,3-7H2,1-2H3. The average Bonchev–Trinajstić information content (AvgIpc) is 2.00. The molecule has 1 saturated heterocycles. The second kappa shape index (κ2) is 4.35. The van der Waals surface area contributed by atoms with Gasteiger partial charge in [-0.05, 0) is 13.8 Å². The van der Waals surface area contributed by atoms with E-state index in [2.05, 4.69) is 0 Å². The number of aliphatic hydroxyl groups is 1. The van der Waals surface area contributed by atoms with Crippen LogP contribution in [0.2, 0.25) is 0 Å². The maximum atomic E-state index is 13.1. The van der Waals surface area contributed by atoms with Gasteiger partial charge in [0.05, 0.1) is 19.3 Å². The van der Waals surface area contributed by atoms with Crippen molar-refractivity contribution in [2.24, 2.45) is 0 Å². The fraction of sp³-hybridized carbons (Fsp3) is 1.00. The van der Waals surface area contributed by atoms with Crippen molar-refractivity contribution >= 4 is 0 Å². The van der Waals surface area contributed by atoms with Gasteiger partial charge in [-0.2, -0.15) is 0 Å². The molecule has 0 aliphatic carbocycles. The molecule has 1 aliphatic heterocycles. The minimum atomic E-state index is -1.35. The lowest BCUT2D eigenvalue weighted by molar-refractivity contribution is -0.0775. The second-order valence-corrected chi connectivity index (χ2v) is 3.94. The Balaban J connectivity index is 2.02. The van der Waals surface area contributed by atoms with Crippen LogP contribution in [0.4, 0.5) is 4.39 Å². The van der Waals surface area contributed by atoms with E-state index in [0.717, 1.165) is 6.54 Å². The van der Waals surface area contributed by atoms with Gasteiger partial charge in [0, 0.05) is 19.6 Å². The first-order chi connectivity index (χ1) is 6.06. The molecule has 1 heterocycles. The van der Waals surface area contributed by atoms with E-state index in [1.54, 1.807) is 0 Å². The molecule has 0 aromatic heterocycles. The van der Waals surface area contributed by atoms with Crippen molar-refractivity contribution in [2.75, 3.05) is 32.8 Å². The molecule has 0 amide bonds. The maximum Gasteiger partial charge on any atom is 0.159 e. The van der Waals surface area contributed by atoms with Crippen LogP contribution in [-0.4, -0.2) is 54.6 Å². The molecule has 0 unspecified atom stereocenters. The van der Waals surface area contributed by atoms with Gasteiger partial charge in [0.25, 0.3) is 0 Å². The van der Waals surface area contributed by atoms with Crippen molar-refractivity contribution in [2.45, 2.75) is 25.6 Å². The highest BCUT2D eigenvalue weighted by Gasteiger charge is 2.42. The summed E-state index contributed by atoms with van der Waals surface area (Å²) in [5, 5.41) is 8.64. The van der Waals surface area contributed by atoms with Gasteiger partial charge >= 0.3 is 0 Å². The van der Waals surface area contributed by atoms with Crippen LogP contribution in [0.25, 0.3) is 0 Å². The monoisotopic (exact) mass is 191 g/mol. The molecule has 0 spiro atoms. The largest absolute Gasteiger partial charge is 0.393 e. The van der Waals surface area contributed by atoms with Crippen LogP contribution in [0.5, 0.6) is 0 Å². The number of nitrogens with zero attached hydrogens (tertiary/aromatic N) is 1. The Morgan fingerprint density at radius 2 is 2.15 bits per heavy atom. The van der Waals surface area contributed by atoms with E-state index in [1.165, 1.54) is 0 Å². The van der Waals surface area contributed by atoms with Gasteiger partial charge in [-0.25, -0.2) is 4.39 Å². The zero-order valence-electron chi connectivity index (χ0n) is 8.29. The molecular weight excluding hydrogens is 173 g/mol. The van der Waals surface area contributed by atoms with E-state index >= 15 is 0 Å². The molecule has 78 valence electrons. The molecule has 3 nitrogen and oxygen atoms in total. The number of rotatable bonds is 5. The van der Waals surface area contributed by atoms with Crippen LogP contribution in [-0.2, 0) is 4.74 Å². The molecule has 1 N–H and O–H groups in total. The molecule has 0 atom stereocenters. The summed E-state index contributed by atoms with van der Waals surface area (Å²) in [6.07, 6.45) is 0.231. The summed E-state index contributed by atoms with van der Waals surface area (Å²) in [6, 6.07) is 0. The zero-order chi connectivity index (χ0) is 9.90. The Morgan fingerprint density at radius 1 is 1.54 bits per heavy atom. The fourth-order valence-electron chi connectivity index (χ4n) is 1.43. The van der Waals surface area contributed by atoms with Crippen molar-refractivity contribution in [3.8, 4) is 0 Å². The van der Waals surface area contributed by atoms with E-state index in [1.807, 2.05) is 18.7 Å². The first-order valence-electron chi connectivity index (χ1n) is 4.69. The van der Waals surface area contributed by atoms with Crippen LogP contribution < -0.4 is 0 Å². The number of alkyl halides is 1. The van der Waals surface area contributed by atoms with Crippen molar-refractivity contribution in [3.63, 3.8) is 0 Å². The smallest absolute Gasteiger partial charge is 0.159 e. The SMILES string of the molecule is CC(C)OCCN1CC(F)(CO)C1. The minimum Gasteiger partial charge on any atom is -0.393 e. The summed E-state index contributed by atoms with van der Waals surface area (Å²) in [6.45, 7) is 5.65. The summed E-state index contributed by atoms with van der Waals surface area (Å²) in [5.41, 5.74) is -1.35. The Bertz CT molecular complexity index is 158. The topological polar surface area (TPSA) is 32.7 Å². The average molecular weight is 191 g/mol. The van der Waals surface area contributed by atoms with Gasteiger partial charge in [0.2, 0.25) is 0 Å². The lowest BCUT2D eigenvalue weighted by atomic mass is 9.98. The van der Waals surface area contributed by atoms with Crippen molar-refractivity contribution in [1.82, 2.24) is 4.90 Å². The third-order valence-electron chi connectivity index (χ3n) is 2.16. The summed E-state index contributed by atoms with van der Waals surface area (Å²) >= 11 is 0. The molecule has 0 bridgehead atoms. The van der Waals surface area contributed by atoms with Crippen LogP contribution in [0.3, 0.4) is 0 Å². The summed E-state index contributed by atoms with van der Waals surface area (Å²) in [4.78, 5) is 1.94. The third-order valence-corrected chi connectivity index (χ3v) is 2.16. The molecule has 0 aromatic carbocycles. The van der Waals surface area contributed by atoms with E-state index in [-0.39, 0.29) is 12.7 Å². The van der Waals surface area contributed by atoms with Gasteiger partial charge in [-0.3, -0.25) is 4.90 Å². The lowest BCUT2D eigenvalue weighted by Gasteiger charge is -2.43. The molecule has 4 heteroatoms. The van der Waals surface area contributed by atoms with Crippen molar-refractivity contribution in [1.29, 1.82) is 0 Å². The quantitative estimate of drug-likeness (QED) is 0.684. The Hall–Kier alpha value is -0.190. The highest BCUT2D eigenvalue weighted by atomic mass is 19.1. The van der Waals surface area contributed by atoms with E-state index in [9.17, 15) is 4.39 Å². The Morgan fingerprint density at radius 3 is 2.62 bits per heavy atom. The van der Waals surface area contributed by atoms with E-state index < -0.39 is 5.67 Å². The first kappa shape index (κ1) is 10.9. The fourth-order valence-corrected chi connectivity index (χ4v) is 1.43. The molecule has 1 aliphatic rings. The lowest BCUT2D eigenvalue weighted by Crippen LogP contribution is -2.61. The van der Waals surface area contributed by atoms with Gasteiger partial charge in [0.1, 0.15) is 0 Å². The van der Waals surface area contributed by atoms with Crippen LogP contribution in [0.15, 0.2) is 0 Å². The number of ether oxygens (including phenoxy) is 1. The highest BCUT2D eigenvalue weighted by molar-refractivity contribution is 4.95. The number of hydrogen-bond donors (Lipinski definition) is 1. The van der Waals surface area contributed by atoms with Crippen molar-refractivity contribution < 1.29 is 14.2 Å².